The van der Waals surface area contributed by atoms with Crippen molar-refractivity contribution in [2.75, 3.05) is 6.54 Å². The van der Waals surface area contributed by atoms with Crippen LogP contribution in [0.25, 0.3) is 0 Å². The van der Waals surface area contributed by atoms with Crippen molar-refractivity contribution in [2.24, 2.45) is 11.8 Å². The van der Waals surface area contributed by atoms with E-state index < -0.39 is 0 Å². The van der Waals surface area contributed by atoms with Crippen molar-refractivity contribution in [1.29, 1.82) is 0 Å². The van der Waals surface area contributed by atoms with E-state index in [9.17, 15) is 8.78 Å². The smallest absolute Gasteiger partial charge is 0.128 e. The van der Waals surface area contributed by atoms with E-state index in [1.54, 1.807) is 0 Å². The van der Waals surface area contributed by atoms with Crippen LogP contribution >= 0.6 is 0 Å². The van der Waals surface area contributed by atoms with Crippen molar-refractivity contribution >= 4 is 0 Å². The molecule has 1 aromatic rings. The second-order valence-electron chi connectivity index (χ2n) is 5.38. The molecule has 1 fully saturated rings. The molecule has 1 aliphatic carbocycles. The third-order valence-electron chi connectivity index (χ3n) is 3.92. The molecule has 1 N–H and O–H groups in total. The molecule has 3 atom stereocenters. The Balaban J connectivity index is 2.26. The number of benzene rings is 1. The largest absolute Gasteiger partial charge is 0.310 e. The predicted molar refractivity (Wildman–Crippen MR) is 69.3 cm³/mol. The lowest BCUT2D eigenvalue weighted by Crippen LogP contribution is -2.28. The Morgan fingerprint density at radius 1 is 1.33 bits per heavy atom. The zero-order valence-corrected chi connectivity index (χ0v) is 11.0. The van der Waals surface area contributed by atoms with Crippen LogP contribution in [0, 0.1) is 23.5 Å². The van der Waals surface area contributed by atoms with Crippen LogP contribution in [0.4, 0.5) is 8.78 Å². The van der Waals surface area contributed by atoms with E-state index in [4.69, 9.17) is 0 Å². The van der Waals surface area contributed by atoms with Crippen LogP contribution in [0.1, 0.15) is 44.7 Å². The Kier molecular flexibility index (Phi) is 4.33. The van der Waals surface area contributed by atoms with Crippen molar-refractivity contribution in [3.8, 4) is 0 Å². The van der Waals surface area contributed by atoms with Gasteiger partial charge in [0.25, 0.3) is 0 Å². The Bertz CT molecular complexity index is 405. The molecule has 1 saturated carbocycles. The summed E-state index contributed by atoms with van der Waals surface area (Å²) in [6.07, 6.45) is 3.37. The van der Waals surface area contributed by atoms with E-state index in [2.05, 4.69) is 12.2 Å². The molecular weight excluding hydrogens is 232 g/mol. The van der Waals surface area contributed by atoms with Crippen molar-refractivity contribution in [2.45, 2.75) is 39.2 Å². The standard InChI is InChI=1S/C15H21F2N/c1-3-18-15(11-5-4-10(2)8-11)13-9-12(16)6-7-14(13)17/h6-7,9-11,15,18H,3-5,8H2,1-2H3. The van der Waals surface area contributed by atoms with Crippen molar-refractivity contribution < 1.29 is 8.78 Å². The molecule has 0 amide bonds. The first-order chi connectivity index (χ1) is 8.61. The molecule has 0 aliphatic heterocycles. The van der Waals surface area contributed by atoms with Crippen LogP contribution < -0.4 is 5.32 Å². The van der Waals surface area contributed by atoms with Crippen molar-refractivity contribution in [3.63, 3.8) is 0 Å². The van der Waals surface area contributed by atoms with Gasteiger partial charge >= 0.3 is 0 Å². The molecular formula is C15H21F2N. The minimum Gasteiger partial charge on any atom is -0.310 e. The summed E-state index contributed by atoms with van der Waals surface area (Å²) in [4.78, 5) is 0. The average molecular weight is 253 g/mol. The van der Waals surface area contributed by atoms with Crippen LogP contribution in [0.15, 0.2) is 18.2 Å². The van der Waals surface area contributed by atoms with Crippen LogP contribution in [-0.2, 0) is 0 Å². The maximum atomic E-state index is 13.9. The summed E-state index contributed by atoms with van der Waals surface area (Å²) in [5.41, 5.74) is 0.482. The lowest BCUT2D eigenvalue weighted by atomic mass is 9.90. The van der Waals surface area contributed by atoms with Gasteiger partial charge in [0.2, 0.25) is 0 Å². The Labute approximate surface area is 108 Å². The molecule has 0 bridgehead atoms. The van der Waals surface area contributed by atoms with Gasteiger partial charge in [0, 0.05) is 11.6 Å². The SMILES string of the molecule is CCNC(c1cc(F)ccc1F)C1CCC(C)C1. The third kappa shape index (κ3) is 2.89. The van der Waals surface area contributed by atoms with Gasteiger partial charge in [-0.15, -0.1) is 0 Å². The number of hydrogen-bond donors (Lipinski definition) is 1. The summed E-state index contributed by atoms with van der Waals surface area (Å²) in [5.74, 6) is 0.436. The fraction of sp³-hybridized carbons (Fsp3) is 0.600. The quantitative estimate of drug-likeness (QED) is 0.853. The fourth-order valence-electron chi connectivity index (χ4n) is 3.06. The second-order valence-corrected chi connectivity index (χ2v) is 5.38. The minimum atomic E-state index is -0.361. The van der Waals surface area contributed by atoms with E-state index in [0.717, 1.165) is 19.4 Å². The maximum absolute atomic E-state index is 13.9. The molecule has 1 aliphatic rings. The number of nitrogens with one attached hydrogen (secondary N) is 1. The number of rotatable bonds is 4. The first-order valence-electron chi connectivity index (χ1n) is 6.80. The van der Waals surface area contributed by atoms with Gasteiger partial charge in [-0.1, -0.05) is 20.3 Å². The molecule has 100 valence electrons. The average Bonchev–Trinajstić information content (AvgIpc) is 2.76. The zero-order valence-electron chi connectivity index (χ0n) is 11.0. The second kappa shape index (κ2) is 5.79. The van der Waals surface area contributed by atoms with Crippen LogP contribution in [0.5, 0.6) is 0 Å². The maximum Gasteiger partial charge on any atom is 0.128 e. The topological polar surface area (TPSA) is 12.0 Å². The summed E-state index contributed by atoms with van der Waals surface area (Å²) in [7, 11) is 0. The Hall–Kier alpha value is -0.960. The Morgan fingerprint density at radius 2 is 2.11 bits per heavy atom. The molecule has 18 heavy (non-hydrogen) atoms. The van der Waals surface area contributed by atoms with Gasteiger partial charge in [-0.25, -0.2) is 8.78 Å². The molecule has 0 radical (unpaired) electrons. The van der Waals surface area contributed by atoms with E-state index in [-0.39, 0.29) is 17.7 Å². The minimum absolute atomic E-state index is 0.0596. The first kappa shape index (κ1) is 13.5. The van der Waals surface area contributed by atoms with Crippen molar-refractivity contribution in [1.82, 2.24) is 5.32 Å². The highest BCUT2D eigenvalue weighted by Gasteiger charge is 2.30. The highest BCUT2D eigenvalue weighted by atomic mass is 19.1. The van der Waals surface area contributed by atoms with Gasteiger partial charge in [0.1, 0.15) is 11.6 Å². The molecule has 1 nitrogen and oxygen atoms in total. The van der Waals surface area contributed by atoms with Gasteiger partial charge < -0.3 is 5.32 Å². The van der Waals surface area contributed by atoms with Crippen LogP contribution in [-0.4, -0.2) is 6.54 Å². The lowest BCUT2D eigenvalue weighted by molar-refractivity contribution is 0.353. The summed E-state index contributed by atoms with van der Waals surface area (Å²) in [6.45, 7) is 5.00. The molecule has 0 aromatic heterocycles. The molecule has 3 unspecified atom stereocenters. The number of halogens is 2. The normalized spacial score (nSPS) is 25.3. The van der Waals surface area contributed by atoms with Gasteiger partial charge in [-0.3, -0.25) is 0 Å². The van der Waals surface area contributed by atoms with Gasteiger partial charge in [-0.2, -0.15) is 0 Å². The summed E-state index contributed by atoms with van der Waals surface area (Å²) in [5, 5.41) is 3.32. The van der Waals surface area contributed by atoms with Gasteiger partial charge in [0.05, 0.1) is 0 Å². The molecule has 0 saturated heterocycles. The van der Waals surface area contributed by atoms with Crippen LogP contribution in [0.3, 0.4) is 0 Å². The third-order valence-corrected chi connectivity index (χ3v) is 3.92. The molecule has 0 heterocycles. The molecule has 2 rings (SSSR count). The van der Waals surface area contributed by atoms with E-state index in [1.165, 1.54) is 24.6 Å². The predicted octanol–water partition coefficient (Wildman–Crippen LogP) is 4.05. The first-order valence-corrected chi connectivity index (χ1v) is 6.80. The van der Waals surface area contributed by atoms with Crippen molar-refractivity contribution in [3.05, 3.63) is 35.4 Å². The monoisotopic (exact) mass is 253 g/mol. The summed E-state index contributed by atoms with van der Waals surface area (Å²) < 4.78 is 27.2. The van der Waals surface area contributed by atoms with E-state index in [0.29, 0.717) is 17.4 Å². The molecule has 0 spiro atoms. The number of hydrogen-bond acceptors (Lipinski definition) is 1. The summed E-state index contributed by atoms with van der Waals surface area (Å²) >= 11 is 0. The van der Waals surface area contributed by atoms with Gasteiger partial charge in [-0.05, 0) is 49.4 Å². The van der Waals surface area contributed by atoms with Crippen LogP contribution in [0.2, 0.25) is 0 Å². The highest BCUT2D eigenvalue weighted by molar-refractivity contribution is 5.23. The molecule has 3 heteroatoms. The Morgan fingerprint density at radius 3 is 2.72 bits per heavy atom. The van der Waals surface area contributed by atoms with Gasteiger partial charge in [0.15, 0.2) is 0 Å². The van der Waals surface area contributed by atoms with E-state index in [1.807, 2.05) is 6.92 Å². The van der Waals surface area contributed by atoms with E-state index >= 15 is 0 Å². The highest BCUT2D eigenvalue weighted by Crippen LogP contribution is 2.39. The fourth-order valence-corrected chi connectivity index (χ4v) is 3.06. The summed E-state index contributed by atoms with van der Waals surface area (Å²) in [6, 6.07) is 3.69. The lowest BCUT2D eigenvalue weighted by Gasteiger charge is -2.25. The zero-order chi connectivity index (χ0) is 13.1. The molecule has 1 aromatic carbocycles.